The largest absolute Gasteiger partial charge is 0.437 e. The average Bonchev–Trinajstić information content (AvgIpc) is 2.56. The highest BCUT2D eigenvalue weighted by Crippen LogP contribution is 2.27. The minimum absolute atomic E-state index is 0.104. The molecule has 0 atom stereocenters. The number of nitrogens with zero attached hydrogens (tertiary/aromatic N) is 4. The summed E-state index contributed by atoms with van der Waals surface area (Å²) >= 11 is 0. The summed E-state index contributed by atoms with van der Waals surface area (Å²) in [6.45, 7) is 0. The maximum absolute atomic E-state index is 11.0. The third-order valence-electron chi connectivity index (χ3n) is 2.84. The van der Waals surface area contributed by atoms with Gasteiger partial charge in [-0.15, -0.1) is 0 Å². The topological polar surface area (TPSA) is 103 Å². The average molecular weight is 309 g/mol. The van der Waals surface area contributed by atoms with Crippen molar-refractivity contribution in [1.29, 1.82) is 0 Å². The number of anilines is 2. The molecule has 1 aromatic carbocycles. The highest BCUT2D eigenvalue weighted by molar-refractivity contribution is 5.66. The SMILES string of the molecule is O=[N+]([O-])c1cccnc1Nc1cccc(Oc2cnccn2)c1. The van der Waals surface area contributed by atoms with Crippen molar-refractivity contribution in [2.24, 2.45) is 0 Å². The van der Waals surface area contributed by atoms with Crippen LogP contribution in [0.15, 0.2) is 61.2 Å². The van der Waals surface area contributed by atoms with E-state index in [0.717, 1.165) is 0 Å². The van der Waals surface area contributed by atoms with E-state index in [2.05, 4.69) is 20.3 Å². The van der Waals surface area contributed by atoms with E-state index in [-0.39, 0.29) is 11.5 Å². The molecule has 2 aromatic heterocycles. The van der Waals surface area contributed by atoms with Gasteiger partial charge in [0.15, 0.2) is 0 Å². The molecule has 0 bridgehead atoms. The predicted molar refractivity (Wildman–Crippen MR) is 82.7 cm³/mol. The number of nitro groups is 1. The number of aromatic nitrogens is 3. The van der Waals surface area contributed by atoms with Crippen LogP contribution in [0.2, 0.25) is 0 Å². The Balaban J connectivity index is 1.82. The summed E-state index contributed by atoms with van der Waals surface area (Å²) in [5.41, 5.74) is 0.501. The van der Waals surface area contributed by atoms with Crippen molar-refractivity contribution in [3.63, 3.8) is 0 Å². The first kappa shape index (κ1) is 14.4. The molecule has 0 amide bonds. The molecule has 0 aliphatic carbocycles. The number of hydrogen-bond donors (Lipinski definition) is 1. The van der Waals surface area contributed by atoms with Gasteiger partial charge in [0.25, 0.3) is 0 Å². The number of ether oxygens (including phenoxy) is 1. The van der Waals surface area contributed by atoms with Gasteiger partial charge in [-0.25, -0.2) is 9.97 Å². The lowest BCUT2D eigenvalue weighted by atomic mass is 10.3. The van der Waals surface area contributed by atoms with Gasteiger partial charge in [-0.3, -0.25) is 15.1 Å². The van der Waals surface area contributed by atoms with E-state index in [4.69, 9.17) is 4.74 Å². The maximum atomic E-state index is 11.0. The Labute approximate surface area is 131 Å². The Hall–Kier alpha value is -3.55. The first-order valence-electron chi connectivity index (χ1n) is 6.63. The zero-order valence-corrected chi connectivity index (χ0v) is 11.8. The van der Waals surface area contributed by atoms with Crippen LogP contribution in [0.4, 0.5) is 17.2 Å². The summed E-state index contributed by atoms with van der Waals surface area (Å²) < 4.78 is 5.57. The molecule has 3 aromatic rings. The normalized spacial score (nSPS) is 10.1. The zero-order valence-electron chi connectivity index (χ0n) is 11.8. The second-order valence-corrected chi connectivity index (χ2v) is 4.43. The first-order chi connectivity index (χ1) is 11.2. The lowest BCUT2D eigenvalue weighted by Gasteiger charge is -2.08. The lowest BCUT2D eigenvalue weighted by Crippen LogP contribution is -1.99. The van der Waals surface area contributed by atoms with Crippen molar-refractivity contribution >= 4 is 17.2 Å². The Morgan fingerprint density at radius 2 is 2.00 bits per heavy atom. The molecule has 0 radical (unpaired) electrons. The second-order valence-electron chi connectivity index (χ2n) is 4.43. The molecule has 0 aliphatic rings. The van der Waals surface area contributed by atoms with E-state index < -0.39 is 4.92 Å². The monoisotopic (exact) mass is 309 g/mol. The zero-order chi connectivity index (χ0) is 16.1. The van der Waals surface area contributed by atoms with Gasteiger partial charge in [0.1, 0.15) is 5.75 Å². The molecule has 0 fully saturated rings. The summed E-state index contributed by atoms with van der Waals surface area (Å²) in [6.07, 6.45) is 6.04. The molecule has 8 nitrogen and oxygen atoms in total. The van der Waals surface area contributed by atoms with Gasteiger partial charge in [0.2, 0.25) is 11.7 Å². The van der Waals surface area contributed by atoms with Gasteiger partial charge < -0.3 is 10.1 Å². The van der Waals surface area contributed by atoms with Gasteiger partial charge in [-0.2, -0.15) is 0 Å². The van der Waals surface area contributed by atoms with Crippen molar-refractivity contribution in [2.75, 3.05) is 5.32 Å². The molecule has 0 unspecified atom stereocenters. The second kappa shape index (κ2) is 6.48. The van der Waals surface area contributed by atoms with Gasteiger partial charge in [-0.1, -0.05) is 6.07 Å². The van der Waals surface area contributed by atoms with Crippen molar-refractivity contribution in [3.8, 4) is 11.6 Å². The van der Waals surface area contributed by atoms with Gasteiger partial charge >= 0.3 is 5.69 Å². The fraction of sp³-hybridized carbons (Fsp3) is 0. The molecular formula is C15H11N5O3. The van der Waals surface area contributed by atoms with E-state index in [1.807, 2.05) is 0 Å². The van der Waals surface area contributed by atoms with Crippen molar-refractivity contribution < 1.29 is 9.66 Å². The molecular weight excluding hydrogens is 298 g/mol. The summed E-state index contributed by atoms with van der Waals surface area (Å²) in [5.74, 6) is 1.04. The van der Waals surface area contributed by atoms with Crippen molar-refractivity contribution in [2.45, 2.75) is 0 Å². The van der Waals surface area contributed by atoms with E-state index >= 15 is 0 Å². The van der Waals surface area contributed by atoms with E-state index in [9.17, 15) is 10.1 Å². The molecule has 0 aliphatic heterocycles. The summed E-state index contributed by atoms with van der Waals surface area (Å²) in [4.78, 5) is 22.4. The summed E-state index contributed by atoms with van der Waals surface area (Å²) in [5, 5.41) is 13.9. The van der Waals surface area contributed by atoms with Crippen LogP contribution < -0.4 is 10.1 Å². The lowest BCUT2D eigenvalue weighted by molar-refractivity contribution is -0.384. The van der Waals surface area contributed by atoms with Gasteiger partial charge in [-0.05, 0) is 18.2 Å². The van der Waals surface area contributed by atoms with Crippen LogP contribution in [0.25, 0.3) is 0 Å². The standard InChI is InChI=1S/C15H11N5O3/c21-20(22)13-5-2-6-18-15(13)19-11-3-1-4-12(9-11)23-14-10-16-7-8-17-14/h1-10H,(H,18,19). The van der Waals surface area contributed by atoms with Crippen LogP contribution >= 0.6 is 0 Å². The Morgan fingerprint density at radius 1 is 1.09 bits per heavy atom. The minimum atomic E-state index is -0.491. The Kier molecular flexibility index (Phi) is 4.05. The Bertz CT molecular complexity index is 826. The number of nitrogens with one attached hydrogen (secondary N) is 1. The van der Waals surface area contributed by atoms with Crippen LogP contribution in [-0.2, 0) is 0 Å². The molecule has 0 saturated carbocycles. The molecule has 2 heterocycles. The third kappa shape index (κ3) is 3.56. The first-order valence-corrected chi connectivity index (χ1v) is 6.63. The molecule has 0 spiro atoms. The van der Waals surface area contributed by atoms with Crippen LogP contribution in [0, 0.1) is 10.1 Å². The molecule has 0 saturated heterocycles. The molecule has 23 heavy (non-hydrogen) atoms. The predicted octanol–water partition coefficient (Wildman–Crippen LogP) is 3.32. The molecule has 8 heteroatoms. The number of rotatable bonds is 5. The van der Waals surface area contributed by atoms with Crippen LogP contribution in [0.5, 0.6) is 11.6 Å². The van der Waals surface area contributed by atoms with Gasteiger partial charge in [0, 0.05) is 36.4 Å². The van der Waals surface area contributed by atoms with Crippen LogP contribution in [-0.4, -0.2) is 19.9 Å². The molecule has 3 rings (SSSR count). The van der Waals surface area contributed by atoms with Crippen LogP contribution in [0.1, 0.15) is 0 Å². The maximum Gasteiger partial charge on any atom is 0.311 e. The van der Waals surface area contributed by atoms with E-state index in [1.165, 1.54) is 30.7 Å². The fourth-order valence-electron chi connectivity index (χ4n) is 1.87. The smallest absolute Gasteiger partial charge is 0.311 e. The molecule has 114 valence electrons. The van der Waals surface area contributed by atoms with Crippen molar-refractivity contribution in [1.82, 2.24) is 15.0 Å². The fourth-order valence-corrected chi connectivity index (χ4v) is 1.87. The quantitative estimate of drug-likeness (QED) is 0.569. The Morgan fingerprint density at radius 3 is 2.78 bits per heavy atom. The molecule has 1 N–H and O–H groups in total. The van der Waals surface area contributed by atoms with E-state index in [0.29, 0.717) is 17.3 Å². The minimum Gasteiger partial charge on any atom is -0.437 e. The van der Waals surface area contributed by atoms with Crippen LogP contribution in [0.3, 0.4) is 0 Å². The van der Waals surface area contributed by atoms with E-state index in [1.54, 1.807) is 30.5 Å². The number of pyridine rings is 1. The number of hydrogen-bond acceptors (Lipinski definition) is 7. The highest BCUT2D eigenvalue weighted by atomic mass is 16.6. The number of benzene rings is 1. The van der Waals surface area contributed by atoms with Gasteiger partial charge in [0.05, 0.1) is 11.1 Å². The summed E-state index contributed by atoms with van der Waals surface area (Å²) in [6, 6.07) is 9.83. The third-order valence-corrected chi connectivity index (χ3v) is 2.84. The van der Waals surface area contributed by atoms with Crippen molar-refractivity contribution in [3.05, 3.63) is 71.3 Å². The highest BCUT2D eigenvalue weighted by Gasteiger charge is 2.14. The summed E-state index contributed by atoms with van der Waals surface area (Å²) in [7, 11) is 0.